The molecular weight excluding hydrogens is 278 g/mol. The third kappa shape index (κ3) is 2.19. The topological polar surface area (TPSA) is 85.2 Å². The van der Waals surface area contributed by atoms with Crippen molar-refractivity contribution in [3.63, 3.8) is 0 Å². The van der Waals surface area contributed by atoms with E-state index < -0.39 is 5.97 Å². The van der Waals surface area contributed by atoms with Crippen molar-refractivity contribution in [3.8, 4) is 10.9 Å². The molecule has 20 heavy (non-hydrogen) atoms. The lowest BCUT2D eigenvalue weighted by Gasteiger charge is -2.08. The summed E-state index contributed by atoms with van der Waals surface area (Å²) in [6.45, 7) is 1.79. The molecule has 0 aliphatic carbocycles. The van der Waals surface area contributed by atoms with Crippen molar-refractivity contribution in [3.05, 3.63) is 41.0 Å². The Hall–Kier alpha value is -2.54. The van der Waals surface area contributed by atoms with Crippen LogP contribution in [0.15, 0.2) is 30.5 Å². The van der Waals surface area contributed by atoms with Crippen LogP contribution in [0.5, 0.6) is 10.9 Å². The summed E-state index contributed by atoms with van der Waals surface area (Å²) >= 11 is 1.24. The Morgan fingerprint density at radius 1 is 1.30 bits per heavy atom. The van der Waals surface area contributed by atoms with Crippen LogP contribution >= 0.6 is 11.3 Å². The minimum absolute atomic E-state index is 0.0726. The van der Waals surface area contributed by atoms with E-state index in [-0.39, 0.29) is 11.3 Å². The number of aryl methyl sites for hydroxylation is 1. The molecule has 0 saturated heterocycles. The number of carboxylic acids is 1. The van der Waals surface area contributed by atoms with Crippen LogP contribution in [0.25, 0.3) is 10.9 Å². The summed E-state index contributed by atoms with van der Waals surface area (Å²) in [5, 5.41) is 18.6. The fraction of sp³-hybridized carbons (Fsp3) is 0.0769. The predicted octanol–water partition coefficient (Wildman–Crippen LogP) is 2.89. The Kier molecular flexibility index (Phi) is 3.03. The molecule has 0 bridgehead atoms. The number of carboxylic acid groups (broad SMARTS) is 1. The molecule has 0 spiro atoms. The minimum Gasteiger partial charge on any atom is -0.478 e. The van der Waals surface area contributed by atoms with Gasteiger partial charge in [0.15, 0.2) is 5.75 Å². The second-order valence-corrected chi connectivity index (χ2v) is 5.15. The van der Waals surface area contributed by atoms with Gasteiger partial charge in [-0.25, -0.2) is 4.79 Å². The summed E-state index contributed by atoms with van der Waals surface area (Å²) < 4.78 is 5.50. The van der Waals surface area contributed by atoms with Gasteiger partial charge in [0.2, 0.25) is 0 Å². The standard InChI is InChI=1S/C13H9N3O3S/c1-7-15-16-13(20-7)19-10-6-14-9-5-3-2-4-8(9)11(10)12(17)18/h2-6H,1H3,(H,17,18). The number of pyridine rings is 1. The van der Waals surface area contributed by atoms with Crippen LogP contribution in [0.3, 0.4) is 0 Å². The van der Waals surface area contributed by atoms with Gasteiger partial charge in [0.1, 0.15) is 10.6 Å². The second-order valence-electron chi connectivity index (χ2n) is 4.01. The third-order valence-corrected chi connectivity index (χ3v) is 3.38. The first kappa shape index (κ1) is 12.5. The van der Waals surface area contributed by atoms with Gasteiger partial charge in [-0.05, 0) is 13.0 Å². The van der Waals surface area contributed by atoms with E-state index in [1.165, 1.54) is 17.5 Å². The number of carbonyl (C=O) groups is 1. The van der Waals surface area contributed by atoms with E-state index >= 15 is 0 Å². The summed E-state index contributed by atoms with van der Waals surface area (Å²) in [5.74, 6) is -0.910. The lowest BCUT2D eigenvalue weighted by molar-refractivity contribution is 0.0696. The van der Waals surface area contributed by atoms with Crippen LogP contribution in [0, 0.1) is 6.92 Å². The maximum Gasteiger partial charge on any atom is 0.340 e. The van der Waals surface area contributed by atoms with E-state index in [0.29, 0.717) is 16.1 Å². The zero-order valence-corrected chi connectivity index (χ0v) is 11.2. The number of aromatic carboxylic acids is 1. The highest BCUT2D eigenvalue weighted by Crippen LogP contribution is 2.31. The molecule has 2 heterocycles. The van der Waals surface area contributed by atoms with Crippen molar-refractivity contribution in [1.29, 1.82) is 0 Å². The first-order valence-corrected chi connectivity index (χ1v) is 6.56. The third-order valence-electron chi connectivity index (χ3n) is 2.66. The monoisotopic (exact) mass is 287 g/mol. The van der Waals surface area contributed by atoms with Crippen molar-refractivity contribution >= 4 is 28.2 Å². The molecule has 0 amide bonds. The highest BCUT2D eigenvalue weighted by Gasteiger charge is 2.18. The van der Waals surface area contributed by atoms with Crippen LogP contribution in [0.4, 0.5) is 0 Å². The average Bonchev–Trinajstić information content (AvgIpc) is 2.83. The Morgan fingerprint density at radius 3 is 2.80 bits per heavy atom. The zero-order valence-electron chi connectivity index (χ0n) is 10.4. The Morgan fingerprint density at radius 2 is 2.10 bits per heavy atom. The number of aromatic nitrogens is 3. The van der Waals surface area contributed by atoms with Gasteiger partial charge >= 0.3 is 5.97 Å². The number of benzene rings is 1. The van der Waals surface area contributed by atoms with Crippen LogP contribution in [-0.2, 0) is 0 Å². The van der Waals surface area contributed by atoms with Gasteiger partial charge in [-0.3, -0.25) is 4.98 Å². The average molecular weight is 287 g/mol. The molecule has 0 radical (unpaired) electrons. The van der Waals surface area contributed by atoms with E-state index in [4.69, 9.17) is 4.74 Å². The number of para-hydroxylation sites is 1. The first-order valence-electron chi connectivity index (χ1n) is 5.74. The SMILES string of the molecule is Cc1nnc(Oc2cnc3ccccc3c2C(=O)O)s1. The van der Waals surface area contributed by atoms with Gasteiger partial charge in [-0.1, -0.05) is 34.6 Å². The van der Waals surface area contributed by atoms with Gasteiger partial charge in [0.25, 0.3) is 5.19 Å². The van der Waals surface area contributed by atoms with Crippen molar-refractivity contribution in [2.45, 2.75) is 6.92 Å². The molecule has 0 aliphatic rings. The van der Waals surface area contributed by atoms with Crippen molar-refractivity contribution in [2.75, 3.05) is 0 Å². The van der Waals surface area contributed by atoms with Crippen LogP contribution in [0.2, 0.25) is 0 Å². The zero-order chi connectivity index (χ0) is 14.1. The van der Waals surface area contributed by atoms with Crippen LogP contribution in [-0.4, -0.2) is 26.3 Å². The number of nitrogens with zero attached hydrogens (tertiary/aromatic N) is 3. The minimum atomic E-state index is -1.07. The molecule has 6 nitrogen and oxygen atoms in total. The van der Waals surface area contributed by atoms with Gasteiger partial charge < -0.3 is 9.84 Å². The van der Waals surface area contributed by atoms with E-state index in [0.717, 1.165) is 5.01 Å². The van der Waals surface area contributed by atoms with Crippen LogP contribution < -0.4 is 4.74 Å². The normalized spacial score (nSPS) is 10.7. The number of rotatable bonds is 3. The number of fused-ring (bicyclic) bond motifs is 1. The summed E-state index contributed by atoms with van der Waals surface area (Å²) in [6.07, 6.45) is 1.39. The smallest absolute Gasteiger partial charge is 0.340 e. The van der Waals surface area contributed by atoms with Gasteiger partial charge in [-0.15, -0.1) is 5.10 Å². The molecule has 0 atom stereocenters. The van der Waals surface area contributed by atoms with Gasteiger partial charge in [-0.2, -0.15) is 0 Å². The molecule has 1 N–H and O–H groups in total. The fourth-order valence-corrected chi connectivity index (χ4v) is 2.38. The molecule has 7 heteroatoms. The summed E-state index contributed by atoms with van der Waals surface area (Å²) in [5.41, 5.74) is 0.675. The largest absolute Gasteiger partial charge is 0.478 e. The molecule has 0 aliphatic heterocycles. The summed E-state index contributed by atoms with van der Waals surface area (Å²) in [7, 11) is 0. The second kappa shape index (κ2) is 4.86. The van der Waals surface area contributed by atoms with E-state index in [1.54, 1.807) is 31.2 Å². The van der Waals surface area contributed by atoms with Crippen molar-refractivity contribution in [1.82, 2.24) is 15.2 Å². The molecular formula is C13H9N3O3S. The molecule has 3 aromatic rings. The number of hydrogen-bond acceptors (Lipinski definition) is 6. The van der Waals surface area contributed by atoms with E-state index in [1.807, 2.05) is 0 Å². The molecule has 0 saturated carbocycles. The predicted molar refractivity (Wildman–Crippen MR) is 73.4 cm³/mol. The number of ether oxygens (including phenoxy) is 1. The molecule has 0 fully saturated rings. The molecule has 2 aromatic heterocycles. The van der Waals surface area contributed by atoms with Crippen molar-refractivity contribution < 1.29 is 14.6 Å². The van der Waals surface area contributed by atoms with Gasteiger partial charge in [0, 0.05) is 5.39 Å². The number of hydrogen-bond donors (Lipinski definition) is 1. The fourth-order valence-electron chi connectivity index (χ4n) is 1.83. The van der Waals surface area contributed by atoms with Crippen LogP contribution in [0.1, 0.15) is 15.4 Å². The Labute approximate surface area is 117 Å². The summed E-state index contributed by atoms with van der Waals surface area (Å²) in [4.78, 5) is 15.7. The lowest BCUT2D eigenvalue weighted by Crippen LogP contribution is -2.02. The highest BCUT2D eigenvalue weighted by molar-refractivity contribution is 7.13. The van der Waals surface area contributed by atoms with E-state index in [2.05, 4.69) is 15.2 Å². The maximum absolute atomic E-state index is 11.5. The Balaban J connectivity index is 2.15. The quantitative estimate of drug-likeness (QED) is 0.797. The lowest BCUT2D eigenvalue weighted by atomic mass is 10.1. The molecule has 100 valence electrons. The van der Waals surface area contributed by atoms with Gasteiger partial charge in [0.05, 0.1) is 11.7 Å². The molecule has 3 rings (SSSR count). The first-order chi connectivity index (χ1) is 9.65. The van der Waals surface area contributed by atoms with E-state index in [9.17, 15) is 9.90 Å². The Bertz CT molecular complexity index is 800. The summed E-state index contributed by atoms with van der Waals surface area (Å²) in [6, 6.07) is 7.01. The maximum atomic E-state index is 11.5. The van der Waals surface area contributed by atoms with Crippen molar-refractivity contribution in [2.24, 2.45) is 0 Å². The molecule has 1 aromatic carbocycles. The highest BCUT2D eigenvalue weighted by atomic mass is 32.1. The molecule has 0 unspecified atom stereocenters.